The third-order valence-corrected chi connectivity index (χ3v) is 5.02. The topological polar surface area (TPSA) is 58.6 Å². The van der Waals surface area contributed by atoms with Gasteiger partial charge < -0.3 is 15.0 Å². The molecule has 1 aliphatic heterocycles. The fourth-order valence-corrected chi connectivity index (χ4v) is 3.77. The zero-order valence-electron chi connectivity index (χ0n) is 14.1. The van der Waals surface area contributed by atoms with E-state index >= 15 is 0 Å². The molecule has 0 bridgehead atoms. The molecule has 0 aromatic heterocycles. The lowest BCUT2D eigenvalue weighted by atomic mass is 9.99. The van der Waals surface area contributed by atoms with Gasteiger partial charge in [-0.3, -0.25) is 9.59 Å². The van der Waals surface area contributed by atoms with Gasteiger partial charge in [-0.2, -0.15) is 0 Å². The molecule has 2 aliphatic rings. The van der Waals surface area contributed by atoms with Crippen LogP contribution in [0.3, 0.4) is 0 Å². The monoisotopic (exact) mass is 330 g/mol. The first-order valence-corrected chi connectivity index (χ1v) is 9.01. The van der Waals surface area contributed by atoms with Gasteiger partial charge >= 0.3 is 0 Å². The van der Waals surface area contributed by atoms with Gasteiger partial charge in [0.2, 0.25) is 5.91 Å². The Kier molecular flexibility index (Phi) is 5.72. The van der Waals surface area contributed by atoms with Crippen LogP contribution in [-0.4, -0.2) is 42.5 Å². The maximum absolute atomic E-state index is 12.8. The van der Waals surface area contributed by atoms with Gasteiger partial charge in [0.15, 0.2) is 6.61 Å². The van der Waals surface area contributed by atoms with Gasteiger partial charge in [-0.05, 0) is 44.2 Å². The van der Waals surface area contributed by atoms with Crippen molar-refractivity contribution < 1.29 is 14.3 Å². The minimum atomic E-state index is -0.0659. The molecule has 1 N–H and O–H groups in total. The van der Waals surface area contributed by atoms with Crippen molar-refractivity contribution in [2.24, 2.45) is 5.92 Å². The average molecular weight is 330 g/mol. The van der Waals surface area contributed by atoms with Crippen LogP contribution < -0.4 is 10.1 Å². The van der Waals surface area contributed by atoms with Crippen LogP contribution in [0.4, 0.5) is 0 Å². The summed E-state index contributed by atoms with van der Waals surface area (Å²) in [4.78, 5) is 27.0. The van der Waals surface area contributed by atoms with Gasteiger partial charge in [0.1, 0.15) is 5.75 Å². The van der Waals surface area contributed by atoms with Crippen LogP contribution in [0.2, 0.25) is 0 Å². The molecular formula is C19H26N2O3. The van der Waals surface area contributed by atoms with Crippen molar-refractivity contribution in [3.63, 3.8) is 0 Å². The van der Waals surface area contributed by atoms with Gasteiger partial charge in [-0.25, -0.2) is 0 Å². The Morgan fingerprint density at radius 2 is 1.96 bits per heavy atom. The predicted octanol–water partition coefficient (Wildman–Crippen LogP) is 2.36. The molecule has 5 heteroatoms. The number of nitrogens with one attached hydrogen (secondary N) is 1. The SMILES string of the molecule is O=C1NCCCCCN(C(=O)COc2ccccc2)C2CCCC12. The minimum absolute atomic E-state index is 0.0101. The Balaban J connectivity index is 1.67. The van der Waals surface area contributed by atoms with Crippen LogP contribution >= 0.6 is 0 Å². The van der Waals surface area contributed by atoms with Crippen molar-refractivity contribution >= 4 is 11.8 Å². The minimum Gasteiger partial charge on any atom is -0.484 e. The van der Waals surface area contributed by atoms with Gasteiger partial charge in [-0.1, -0.05) is 24.6 Å². The van der Waals surface area contributed by atoms with Crippen LogP contribution in [0.1, 0.15) is 38.5 Å². The number of benzene rings is 1. The van der Waals surface area contributed by atoms with E-state index in [1.165, 1.54) is 0 Å². The zero-order valence-corrected chi connectivity index (χ0v) is 14.1. The molecule has 1 aromatic carbocycles. The first kappa shape index (κ1) is 16.8. The highest BCUT2D eigenvalue weighted by Crippen LogP contribution is 2.31. The summed E-state index contributed by atoms with van der Waals surface area (Å²) < 4.78 is 5.63. The average Bonchev–Trinajstić information content (AvgIpc) is 3.09. The first-order chi connectivity index (χ1) is 11.8. The summed E-state index contributed by atoms with van der Waals surface area (Å²) in [7, 11) is 0. The highest BCUT2D eigenvalue weighted by molar-refractivity contribution is 5.82. The Morgan fingerprint density at radius 3 is 2.79 bits per heavy atom. The molecular weight excluding hydrogens is 304 g/mol. The summed E-state index contributed by atoms with van der Waals surface area (Å²) >= 11 is 0. The molecule has 1 heterocycles. The van der Waals surface area contributed by atoms with E-state index in [0.717, 1.165) is 51.6 Å². The molecule has 1 saturated heterocycles. The van der Waals surface area contributed by atoms with Gasteiger partial charge in [-0.15, -0.1) is 0 Å². The lowest BCUT2D eigenvalue weighted by Gasteiger charge is -2.33. The molecule has 2 atom stereocenters. The van der Waals surface area contributed by atoms with Gasteiger partial charge in [0.25, 0.3) is 5.91 Å². The van der Waals surface area contributed by atoms with Crippen molar-refractivity contribution in [1.29, 1.82) is 0 Å². The Bertz CT molecular complexity index is 561. The lowest BCUT2D eigenvalue weighted by Crippen LogP contribution is -2.49. The molecule has 2 unspecified atom stereocenters. The largest absolute Gasteiger partial charge is 0.484 e. The fraction of sp³-hybridized carbons (Fsp3) is 0.579. The van der Waals surface area contributed by atoms with E-state index in [1.807, 2.05) is 35.2 Å². The summed E-state index contributed by atoms with van der Waals surface area (Å²) in [6.45, 7) is 1.52. The smallest absolute Gasteiger partial charge is 0.260 e. The third-order valence-electron chi connectivity index (χ3n) is 5.02. The maximum Gasteiger partial charge on any atom is 0.260 e. The number of hydrogen-bond donors (Lipinski definition) is 1. The third kappa shape index (κ3) is 4.08. The van der Waals surface area contributed by atoms with Gasteiger partial charge in [0, 0.05) is 19.1 Å². The van der Waals surface area contributed by atoms with E-state index in [-0.39, 0.29) is 30.4 Å². The number of carbonyl (C=O) groups excluding carboxylic acids is 2. The first-order valence-electron chi connectivity index (χ1n) is 9.01. The molecule has 1 saturated carbocycles. The van der Waals surface area contributed by atoms with E-state index in [4.69, 9.17) is 4.74 Å². The highest BCUT2D eigenvalue weighted by Gasteiger charge is 2.38. The van der Waals surface area contributed by atoms with Crippen LogP contribution in [0, 0.1) is 5.92 Å². The molecule has 3 rings (SSSR count). The number of nitrogens with zero attached hydrogens (tertiary/aromatic N) is 1. The standard InChI is InChI=1S/C19H26N2O3/c22-18(14-24-15-8-3-1-4-9-15)21-13-6-2-5-12-20-19(23)16-10-7-11-17(16)21/h1,3-4,8-9,16-17H,2,5-7,10-14H2,(H,20,23). The number of rotatable bonds is 3. The molecule has 2 amide bonds. The molecule has 130 valence electrons. The van der Waals surface area contributed by atoms with Crippen molar-refractivity contribution in [3.8, 4) is 5.75 Å². The number of hydrogen-bond acceptors (Lipinski definition) is 3. The summed E-state index contributed by atoms with van der Waals surface area (Å²) in [6.07, 6.45) is 5.78. The zero-order chi connectivity index (χ0) is 16.8. The summed E-state index contributed by atoms with van der Waals surface area (Å²) in [6, 6.07) is 9.42. The van der Waals surface area contributed by atoms with Crippen molar-refractivity contribution in [2.45, 2.75) is 44.6 Å². The summed E-state index contributed by atoms with van der Waals surface area (Å²) in [5.41, 5.74) is 0. The molecule has 5 nitrogen and oxygen atoms in total. The Hall–Kier alpha value is -2.04. The number of amides is 2. The van der Waals surface area contributed by atoms with Crippen molar-refractivity contribution in [3.05, 3.63) is 30.3 Å². The number of carbonyl (C=O) groups is 2. The molecule has 0 spiro atoms. The van der Waals surface area contributed by atoms with E-state index in [9.17, 15) is 9.59 Å². The normalized spacial score (nSPS) is 24.8. The van der Waals surface area contributed by atoms with Crippen LogP contribution in [0.15, 0.2) is 30.3 Å². The van der Waals surface area contributed by atoms with E-state index in [0.29, 0.717) is 5.75 Å². The number of fused-ring (bicyclic) bond motifs is 1. The van der Waals surface area contributed by atoms with E-state index in [1.54, 1.807) is 0 Å². The number of ether oxygens (including phenoxy) is 1. The van der Waals surface area contributed by atoms with Crippen molar-refractivity contribution in [2.75, 3.05) is 19.7 Å². The summed E-state index contributed by atoms with van der Waals surface area (Å²) in [5, 5.41) is 3.03. The summed E-state index contributed by atoms with van der Waals surface area (Å²) in [5.74, 6) is 0.738. The fourth-order valence-electron chi connectivity index (χ4n) is 3.77. The molecule has 24 heavy (non-hydrogen) atoms. The van der Waals surface area contributed by atoms with Gasteiger partial charge in [0.05, 0.1) is 5.92 Å². The predicted molar refractivity (Wildman–Crippen MR) is 91.6 cm³/mol. The number of para-hydroxylation sites is 1. The quantitative estimate of drug-likeness (QED) is 0.925. The molecule has 1 aliphatic carbocycles. The van der Waals surface area contributed by atoms with Crippen molar-refractivity contribution in [1.82, 2.24) is 10.2 Å². The molecule has 2 fully saturated rings. The van der Waals surface area contributed by atoms with E-state index in [2.05, 4.69) is 5.32 Å². The Labute approximate surface area is 143 Å². The van der Waals surface area contributed by atoms with Crippen LogP contribution in [-0.2, 0) is 9.59 Å². The highest BCUT2D eigenvalue weighted by atomic mass is 16.5. The van der Waals surface area contributed by atoms with Crippen LogP contribution in [0.25, 0.3) is 0 Å². The second-order valence-electron chi connectivity index (χ2n) is 6.65. The van der Waals surface area contributed by atoms with Crippen LogP contribution in [0.5, 0.6) is 5.75 Å². The second kappa shape index (κ2) is 8.18. The maximum atomic E-state index is 12.8. The lowest BCUT2D eigenvalue weighted by molar-refractivity contribution is -0.138. The second-order valence-corrected chi connectivity index (χ2v) is 6.65. The molecule has 1 aromatic rings. The Morgan fingerprint density at radius 1 is 1.12 bits per heavy atom. The van der Waals surface area contributed by atoms with E-state index < -0.39 is 0 Å². The molecule has 0 radical (unpaired) electrons.